The normalized spacial score (nSPS) is 9.90. The van der Waals surface area contributed by atoms with E-state index in [1.54, 1.807) is 24.3 Å². The first-order valence-corrected chi connectivity index (χ1v) is 6.74. The van der Waals surface area contributed by atoms with Crippen molar-refractivity contribution in [3.63, 3.8) is 0 Å². The highest BCUT2D eigenvalue weighted by molar-refractivity contribution is 5.89. The number of ether oxygens (including phenoxy) is 2. The molecule has 0 bridgehead atoms. The Morgan fingerprint density at radius 3 is 2.14 bits per heavy atom. The summed E-state index contributed by atoms with van der Waals surface area (Å²) < 4.78 is 10.1. The third-order valence-electron chi connectivity index (χ3n) is 2.89. The second kappa shape index (κ2) is 10.2. The summed E-state index contributed by atoms with van der Waals surface area (Å²) in [6.45, 7) is 8.43. The van der Waals surface area contributed by atoms with E-state index in [0.29, 0.717) is 17.9 Å². The molecule has 0 N–H and O–H groups in total. The Kier molecular flexibility index (Phi) is 9.41. The van der Waals surface area contributed by atoms with Crippen LogP contribution in [-0.2, 0) is 9.53 Å². The molecule has 21 heavy (non-hydrogen) atoms. The Labute approximate surface area is 131 Å². The van der Waals surface area contributed by atoms with E-state index in [-0.39, 0.29) is 24.3 Å². The molecule has 0 radical (unpaired) electrons. The van der Waals surface area contributed by atoms with Gasteiger partial charge in [-0.05, 0) is 37.4 Å². The number of hydrogen-bond donors (Lipinski definition) is 0. The second-order valence-electron chi connectivity index (χ2n) is 4.28. The SMILES string of the molecule is CCN(CC)CCOC(=O)c1ccc(OC(C)=O)cc1.Cl. The van der Waals surface area contributed by atoms with Crippen LogP contribution < -0.4 is 4.74 Å². The number of halogens is 1. The van der Waals surface area contributed by atoms with E-state index >= 15 is 0 Å². The van der Waals surface area contributed by atoms with Crippen molar-refractivity contribution in [2.24, 2.45) is 0 Å². The van der Waals surface area contributed by atoms with Gasteiger partial charge in [0.15, 0.2) is 0 Å². The number of carbonyl (C=O) groups excluding carboxylic acids is 2. The zero-order valence-corrected chi connectivity index (χ0v) is 13.4. The van der Waals surface area contributed by atoms with Gasteiger partial charge in [-0.1, -0.05) is 13.8 Å². The lowest BCUT2D eigenvalue weighted by Gasteiger charge is -2.17. The minimum atomic E-state index is -0.389. The van der Waals surface area contributed by atoms with Crippen LogP contribution in [0.5, 0.6) is 5.75 Å². The smallest absolute Gasteiger partial charge is 0.338 e. The molecule has 1 aromatic carbocycles. The maximum atomic E-state index is 11.8. The third-order valence-corrected chi connectivity index (χ3v) is 2.89. The van der Waals surface area contributed by atoms with Crippen LogP contribution in [-0.4, -0.2) is 43.1 Å². The molecule has 1 rings (SSSR count). The molecule has 0 heterocycles. The van der Waals surface area contributed by atoms with Gasteiger partial charge in [0, 0.05) is 13.5 Å². The van der Waals surface area contributed by atoms with Gasteiger partial charge in [0.2, 0.25) is 0 Å². The zero-order chi connectivity index (χ0) is 15.0. The van der Waals surface area contributed by atoms with E-state index in [2.05, 4.69) is 18.7 Å². The Hall–Kier alpha value is -1.59. The van der Waals surface area contributed by atoms with E-state index in [0.717, 1.165) is 19.6 Å². The summed E-state index contributed by atoms with van der Waals surface area (Å²) in [5.74, 6) is -0.344. The predicted octanol–water partition coefficient (Wildman–Crippen LogP) is 2.53. The van der Waals surface area contributed by atoms with E-state index in [1.807, 2.05) is 0 Å². The van der Waals surface area contributed by atoms with Crippen molar-refractivity contribution in [3.05, 3.63) is 29.8 Å². The van der Waals surface area contributed by atoms with Gasteiger partial charge in [-0.15, -0.1) is 12.4 Å². The molecule has 0 saturated heterocycles. The third kappa shape index (κ3) is 7.11. The van der Waals surface area contributed by atoms with E-state index in [9.17, 15) is 9.59 Å². The van der Waals surface area contributed by atoms with Crippen LogP contribution in [0.4, 0.5) is 0 Å². The molecule has 0 amide bonds. The van der Waals surface area contributed by atoms with Crippen LogP contribution in [0.3, 0.4) is 0 Å². The highest BCUT2D eigenvalue weighted by Gasteiger charge is 2.08. The highest BCUT2D eigenvalue weighted by Crippen LogP contribution is 2.13. The molecule has 0 aromatic heterocycles. The highest BCUT2D eigenvalue weighted by atomic mass is 35.5. The van der Waals surface area contributed by atoms with Crippen LogP contribution in [0.25, 0.3) is 0 Å². The van der Waals surface area contributed by atoms with Crippen molar-refractivity contribution >= 4 is 24.3 Å². The van der Waals surface area contributed by atoms with Gasteiger partial charge >= 0.3 is 11.9 Å². The van der Waals surface area contributed by atoms with Gasteiger partial charge < -0.3 is 14.4 Å². The van der Waals surface area contributed by atoms with Gasteiger partial charge in [0.1, 0.15) is 12.4 Å². The van der Waals surface area contributed by atoms with Crippen LogP contribution in [0.15, 0.2) is 24.3 Å². The summed E-state index contributed by atoms with van der Waals surface area (Å²) in [7, 11) is 0. The van der Waals surface area contributed by atoms with Crippen molar-refractivity contribution in [2.75, 3.05) is 26.2 Å². The molecule has 0 aliphatic carbocycles. The Morgan fingerprint density at radius 2 is 1.67 bits per heavy atom. The molecule has 0 unspecified atom stereocenters. The standard InChI is InChI=1S/C15H21NO4.ClH/c1-4-16(5-2)10-11-19-15(18)13-6-8-14(9-7-13)20-12(3)17;/h6-9H,4-5,10-11H2,1-3H3;1H. The molecule has 0 atom stereocenters. The average Bonchev–Trinajstić information content (AvgIpc) is 2.43. The topological polar surface area (TPSA) is 55.8 Å². The quantitative estimate of drug-likeness (QED) is 0.571. The van der Waals surface area contributed by atoms with Gasteiger partial charge in [-0.25, -0.2) is 4.79 Å². The Morgan fingerprint density at radius 1 is 1.10 bits per heavy atom. The second-order valence-corrected chi connectivity index (χ2v) is 4.28. The molecule has 0 spiro atoms. The van der Waals surface area contributed by atoms with Crippen molar-refractivity contribution in [2.45, 2.75) is 20.8 Å². The van der Waals surface area contributed by atoms with Crippen molar-refractivity contribution < 1.29 is 19.1 Å². The first kappa shape index (κ1) is 19.4. The molecule has 6 heteroatoms. The lowest BCUT2D eigenvalue weighted by atomic mass is 10.2. The van der Waals surface area contributed by atoms with Crippen LogP contribution in [0.2, 0.25) is 0 Å². The largest absolute Gasteiger partial charge is 0.461 e. The number of carbonyl (C=O) groups is 2. The first-order valence-electron chi connectivity index (χ1n) is 6.74. The fourth-order valence-corrected chi connectivity index (χ4v) is 1.72. The fourth-order valence-electron chi connectivity index (χ4n) is 1.72. The summed E-state index contributed by atoms with van der Waals surface area (Å²) in [4.78, 5) is 24.7. The minimum absolute atomic E-state index is 0. The summed E-state index contributed by atoms with van der Waals surface area (Å²) in [6.07, 6.45) is 0. The maximum Gasteiger partial charge on any atom is 0.338 e. The zero-order valence-electron chi connectivity index (χ0n) is 12.6. The van der Waals surface area contributed by atoms with Crippen LogP contribution in [0.1, 0.15) is 31.1 Å². The van der Waals surface area contributed by atoms with Crippen molar-refractivity contribution in [1.82, 2.24) is 4.90 Å². The minimum Gasteiger partial charge on any atom is -0.461 e. The number of rotatable bonds is 7. The fraction of sp³-hybridized carbons (Fsp3) is 0.467. The van der Waals surface area contributed by atoms with Crippen molar-refractivity contribution in [1.29, 1.82) is 0 Å². The first-order chi connectivity index (χ1) is 9.56. The molecular weight excluding hydrogens is 294 g/mol. The van der Waals surface area contributed by atoms with Crippen LogP contribution >= 0.6 is 12.4 Å². The van der Waals surface area contributed by atoms with E-state index in [1.165, 1.54) is 6.92 Å². The molecule has 5 nitrogen and oxygen atoms in total. The van der Waals surface area contributed by atoms with Crippen LogP contribution in [0, 0.1) is 0 Å². The van der Waals surface area contributed by atoms with Gasteiger partial charge in [-0.2, -0.15) is 0 Å². The lowest BCUT2D eigenvalue weighted by molar-refractivity contribution is -0.131. The molecule has 0 aliphatic rings. The molecule has 1 aromatic rings. The average molecular weight is 316 g/mol. The predicted molar refractivity (Wildman–Crippen MR) is 83.1 cm³/mol. The molecular formula is C15H22ClNO4. The maximum absolute atomic E-state index is 11.8. The van der Waals surface area contributed by atoms with Crippen molar-refractivity contribution in [3.8, 4) is 5.75 Å². The number of esters is 2. The Balaban J connectivity index is 0.00000400. The summed E-state index contributed by atoms with van der Waals surface area (Å²) in [5, 5.41) is 0. The summed E-state index contributed by atoms with van der Waals surface area (Å²) in [6, 6.07) is 6.31. The van der Waals surface area contributed by atoms with E-state index in [4.69, 9.17) is 9.47 Å². The lowest BCUT2D eigenvalue weighted by Crippen LogP contribution is -2.27. The molecule has 0 aliphatic heterocycles. The van der Waals surface area contributed by atoms with Gasteiger partial charge in [-0.3, -0.25) is 4.79 Å². The number of likely N-dealkylation sites (N-methyl/N-ethyl adjacent to an activating group) is 1. The number of hydrogen-bond acceptors (Lipinski definition) is 5. The van der Waals surface area contributed by atoms with Gasteiger partial charge in [0.25, 0.3) is 0 Å². The number of benzene rings is 1. The molecule has 0 fully saturated rings. The summed E-state index contributed by atoms with van der Waals surface area (Å²) >= 11 is 0. The Bertz CT molecular complexity index is 443. The molecule has 0 saturated carbocycles. The van der Waals surface area contributed by atoms with E-state index < -0.39 is 0 Å². The van der Waals surface area contributed by atoms with Gasteiger partial charge in [0.05, 0.1) is 5.56 Å². The monoisotopic (exact) mass is 315 g/mol. The number of nitrogens with zero attached hydrogens (tertiary/aromatic N) is 1. The summed E-state index contributed by atoms with van der Waals surface area (Å²) in [5.41, 5.74) is 0.445. The molecule has 118 valence electrons.